The third-order valence-electron chi connectivity index (χ3n) is 2.12. The number of hydrogen-bond acceptors (Lipinski definition) is 4. The largest absolute Gasteiger partial charge is 0.507 e. The van der Waals surface area contributed by atoms with E-state index < -0.39 is 23.9 Å². The van der Waals surface area contributed by atoms with E-state index in [-0.39, 0.29) is 16.5 Å². The summed E-state index contributed by atoms with van der Waals surface area (Å²) in [5.74, 6) is -1.69. The zero-order valence-corrected chi connectivity index (χ0v) is 9.75. The molecule has 1 aromatic carbocycles. The second-order valence-electron chi connectivity index (χ2n) is 3.25. The van der Waals surface area contributed by atoms with Gasteiger partial charge in [-0.1, -0.05) is 22.0 Å². The number of alkyl halides is 1. The van der Waals surface area contributed by atoms with Crippen molar-refractivity contribution in [2.45, 2.75) is 12.2 Å². The summed E-state index contributed by atoms with van der Waals surface area (Å²) >= 11 is 3.00. The number of halogens is 1. The summed E-state index contributed by atoms with van der Waals surface area (Å²) in [6.45, 7) is 0. The number of benzene rings is 1. The highest BCUT2D eigenvalue weighted by molar-refractivity contribution is 9.09. The van der Waals surface area contributed by atoms with Crippen molar-refractivity contribution in [3.05, 3.63) is 29.3 Å². The SMILES string of the molecule is O=C(O)c1ccc(C(O)C(O)CBr)cc1O. The van der Waals surface area contributed by atoms with Crippen molar-refractivity contribution in [2.24, 2.45) is 0 Å². The average molecular weight is 291 g/mol. The first-order valence-electron chi connectivity index (χ1n) is 4.45. The van der Waals surface area contributed by atoms with Crippen molar-refractivity contribution in [3.8, 4) is 5.75 Å². The second kappa shape index (κ2) is 5.29. The van der Waals surface area contributed by atoms with Gasteiger partial charge in [0.1, 0.15) is 17.4 Å². The number of carboxylic acids is 1. The van der Waals surface area contributed by atoms with Crippen LogP contribution in [0.4, 0.5) is 0 Å². The zero-order chi connectivity index (χ0) is 12.3. The monoisotopic (exact) mass is 290 g/mol. The normalized spacial score (nSPS) is 14.4. The van der Waals surface area contributed by atoms with Crippen LogP contribution in [-0.2, 0) is 0 Å². The van der Waals surface area contributed by atoms with E-state index in [4.69, 9.17) is 5.11 Å². The molecule has 0 aliphatic heterocycles. The maximum absolute atomic E-state index is 10.6. The summed E-state index contributed by atoms with van der Waals surface area (Å²) < 4.78 is 0. The van der Waals surface area contributed by atoms with E-state index >= 15 is 0 Å². The average Bonchev–Trinajstić information content (AvgIpc) is 2.26. The van der Waals surface area contributed by atoms with Crippen LogP contribution in [0.2, 0.25) is 0 Å². The van der Waals surface area contributed by atoms with Crippen LogP contribution in [0.15, 0.2) is 18.2 Å². The Balaban J connectivity index is 3.01. The quantitative estimate of drug-likeness (QED) is 0.617. The molecule has 0 aliphatic rings. The Morgan fingerprint density at radius 3 is 2.44 bits per heavy atom. The molecule has 0 heterocycles. The van der Waals surface area contributed by atoms with E-state index in [0.717, 1.165) is 6.07 Å². The number of aliphatic hydroxyl groups is 2. The molecular weight excluding hydrogens is 280 g/mol. The third kappa shape index (κ3) is 2.72. The molecule has 0 radical (unpaired) electrons. The molecule has 0 aromatic heterocycles. The first-order chi connectivity index (χ1) is 7.47. The molecule has 1 rings (SSSR count). The summed E-state index contributed by atoms with van der Waals surface area (Å²) in [7, 11) is 0. The Morgan fingerprint density at radius 1 is 1.38 bits per heavy atom. The molecule has 0 fully saturated rings. The van der Waals surface area contributed by atoms with E-state index in [9.17, 15) is 20.1 Å². The topological polar surface area (TPSA) is 98.0 Å². The molecule has 5 nitrogen and oxygen atoms in total. The number of phenols is 1. The molecule has 6 heteroatoms. The molecule has 0 spiro atoms. The minimum absolute atomic E-state index is 0.176. The molecule has 0 saturated heterocycles. The maximum atomic E-state index is 10.6. The molecule has 2 unspecified atom stereocenters. The van der Waals surface area contributed by atoms with E-state index in [1.807, 2.05) is 0 Å². The third-order valence-corrected chi connectivity index (χ3v) is 2.78. The van der Waals surface area contributed by atoms with Crippen LogP contribution in [0, 0.1) is 0 Å². The highest BCUT2D eigenvalue weighted by Crippen LogP contribution is 2.25. The number of aromatic hydroxyl groups is 1. The summed E-state index contributed by atoms with van der Waals surface area (Å²) in [4.78, 5) is 10.6. The molecule has 16 heavy (non-hydrogen) atoms. The van der Waals surface area contributed by atoms with Gasteiger partial charge in [0.25, 0.3) is 0 Å². The van der Waals surface area contributed by atoms with E-state index in [0.29, 0.717) is 0 Å². The van der Waals surface area contributed by atoms with Gasteiger partial charge in [0.05, 0.1) is 6.10 Å². The van der Waals surface area contributed by atoms with Crippen molar-refractivity contribution < 1.29 is 25.2 Å². The Hall–Kier alpha value is -1.11. The van der Waals surface area contributed by atoms with Crippen molar-refractivity contribution >= 4 is 21.9 Å². The molecule has 2 atom stereocenters. The van der Waals surface area contributed by atoms with Gasteiger partial charge in [-0.05, 0) is 17.7 Å². The van der Waals surface area contributed by atoms with Crippen molar-refractivity contribution in [3.63, 3.8) is 0 Å². The smallest absolute Gasteiger partial charge is 0.339 e. The first kappa shape index (κ1) is 13.0. The number of carboxylic acid groups (broad SMARTS) is 1. The predicted octanol–water partition coefficient (Wildman–Crippen LogP) is 0.880. The van der Waals surface area contributed by atoms with Crippen molar-refractivity contribution in [1.82, 2.24) is 0 Å². The molecule has 0 aliphatic carbocycles. The predicted molar refractivity (Wildman–Crippen MR) is 59.8 cm³/mol. The lowest BCUT2D eigenvalue weighted by atomic mass is 10.0. The van der Waals surface area contributed by atoms with Crippen LogP contribution in [-0.4, -0.2) is 37.8 Å². The van der Waals surface area contributed by atoms with Crippen LogP contribution >= 0.6 is 15.9 Å². The van der Waals surface area contributed by atoms with E-state index in [1.165, 1.54) is 12.1 Å². The van der Waals surface area contributed by atoms with Gasteiger partial charge >= 0.3 is 5.97 Å². The van der Waals surface area contributed by atoms with E-state index in [2.05, 4.69) is 15.9 Å². The Morgan fingerprint density at radius 2 is 2.00 bits per heavy atom. The lowest BCUT2D eigenvalue weighted by molar-refractivity contribution is 0.0341. The minimum Gasteiger partial charge on any atom is -0.507 e. The number of rotatable bonds is 4. The number of aliphatic hydroxyl groups excluding tert-OH is 2. The van der Waals surface area contributed by atoms with Gasteiger partial charge in [0.15, 0.2) is 0 Å². The van der Waals surface area contributed by atoms with Gasteiger partial charge < -0.3 is 20.4 Å². The number of aromatic carboxylic acids is 1. The van der Waals surface area contributed by atoms with Gasteiger partial charge in [-0.2, -0.15) is 0 Å². The lowest BCUT2D eigenvalue weighted by Gasteiger charge is -2.16. The lowest BCUT2D eigenvalue weighted by Crippen LogP contribution is -2.19. The van der Waals surface area contributed by atoms with Crippen LogP contribution in [0.25, 0.3) is 0 Å². The maximum Gasteiger partial charge on any atom is 0.339 e. The van der Waals surface area contributed by atoms with Gasteiger partial charge in [0, 0.05) is 5.33 Å². The molecule has 1 aromatic rings. The standard InChI is InChI=1S/C10H11BrO5/c11-4-8(13)9(14)5-1-2-6(10(15)16)7(12)3-5/h1-3,8-9,12-14H,4H2,(H,15,16). The number of carbonyl (C=O) groups is 1. The first-order valence-corrected chi connectivity index (χ1v) is 5.57. The second-order valence-corrected chi connectivity index (χ2v) is 3.90. The molecule has 0 amide bonds. The van der Waals surface area contributed by atoms with Crippen LogP contribution < -0.4 is 0 Å². The van der Waals surface area contributed by atoms with Gasteiger partial charge in [-0.3, -0.25) is 0 Å². The Bertz CT molecular complexity index is 393. The van der Waals surface area contributed by atoms with Crippen molar-refractivity contribution in [1.29, 1.82) is 0 Å². The van der Waals surface area contributed by atoms with Crippen LogP contribution in [0.5, 0.6) is 5.75 Å². The fourth-order valence-electron chi connectivity index (χ4n) is 1.22. The number of hydrogen-bond donors (Lipinski definition) is 4. The summed E-state index contributed by atoms with van der Waals surface area (Å²) in [5, 5.41) is 37.2. The highest BCUT2D eigenvalue weighted by Gasteiger charge is 2.19. The van der Waals surface area contributed by atoms with Crippen molar-refractivity contribution in [2.75, 3.05) is 5.33 Å². The van der Waals surface area contributed by atoms with Gasteiger partial charge in [0.2, 0.25) is 0 Å². The Labute approximate surface area is 100 Å². The summed E-state index contributed by atoms with van der Waals surface area (Å²) in [5.41, 5.74) is 0.0127. The fourth-order valence-corrected chi connectivity index (χ4v) is 1.57. The molecule has 88 valence electrons. The minimum atomic E-state index is -1.25. The molecule has 4 N–H and O–H groups in total. The van der Waals surface area contributed by atoms with Gasteiger partial charge in [-0.15, -0.1) is 0 Å². The zero-order valence-electron chi connectivity index (χ0n) is 8.17. The van der Waals surface area contributed by atoms with Crippen LogP contribution in [0.1, 0.15) is 22.0 Å². The summed E-state index contributed by atoms with van der Waals surface area (Å²) in [6, 6.07) is 3.65. The van der Waals surface area contributed by atoms with Crippen LogP contribution in [0.3, 0.4) is 0 Å². The Kier molecular flexibility index (Phi) is 4.28. The fraction of sp³-hybridized carbons (Fsp3) is 0.300. The molecular formula is C10H11BrO5. The van der Waals surface area contributed by atoms with Gasteiger partial charge in [-0.25, -0.2) is 4.79 Å². The van der Waals surface area contributed by atoms with E-state index in [1.54, 1.807) is 0 Å². The molecule has 0 saturated carbocycles. The highest BCUT2D eigenvalue weighted by atomic mass is 79.9. The summed E-state index contributed by atoms with van der Waals surface area (Å²) in [6.07, 6.45) is -2.19. The molecule has 0 bridgehead atoms.